The van der Waals surface area contributed by atoms with Gasteiger partial charge in [-0.2, -0.15) is 0 Å². The van der Waals surface area contributed by atoms with Crippen molar-refractivity contribution in [2.24, 2.45) is 11.8 Å². The van der Waals surface area contributed by atoms with Gasteiger partial charge in [0.25, 0.3) is 0 Å². The Labute approximate surface area is 466 Å². The Balaban J connectivity index is 2.61. The minimum atomic E-state index is -0.543. The van der Waals surface area contributed by atoms with Crippen molar-refractivity contribution in [2.75, 3.05) is 78.7 Å². The standard InChI is InChI=1S/C64H118N6O6/c1-7-9-11-13-15-17-19-21-23-25-27-29-31-33-37-43-59(72)69(50-41-45-65-48-54-71)61(57(3)4)63(74)66-46-39-35-36-40-47-67-64(75)62(58(5)6)70(51-42-49-68-52-55-76-56-53-68)60(73)44-38-34-32-30-28-26-24-22-20-18-16-14-12-10-8-2/h15-18,21-24,57-58,61-62,65,71H,7-14,19-20,25-56H2,1-6H3,(H,66,74)(H,67,75)/b17-15-,18-16-,23-21-,24-22-. The van der Waals surface area contributed by atoms with Crippen LogP contribution in [0.5, 0.6) is 0 Å². The van der Waals surface area contributed by atoms with E-state index in [1.165, 1.54) is 70.6 Å². The predicted molar refractivity (Wildman–Crippen MR) is 320 cm³/mol. The number of allylic oxidation sites excluding steroid dienone is 8. The van der Waals surface area contributed by atoms with E-state index in [4.69, 9.17) is 4.74 Å². The minimum Gasteiger partial charge on any atom is -0.395 e. The normalized spacial score (nSPS) is 14.3. The molecular formula is C64H118N6O6. The Morgan fingerprint density at radius 2 is 0.882 bits per heavy atom. The molecular weight excluding hydrogens is 949 g/mol. The van der Waals surface area contributed by atoms with E-state index in [2.05, 4.69) is 83.3 Å². The molecule has 4 N–H and O–H groups in total. The van der Waals surface area contributed by atoms with Crippen molar-refractivity contribution in [3.8, 4) is 0 Å². The second-order valence-electron chi connectivity index (χ2n) is 22.1. The summed E-state index contributed by atoms with van der Waals surface area (Å²) in [5.74, 6) is -0.101. The van der Waals surface area contributed by atoms with Crippen LogP contribution in [0.15, 0.2) is 48.6 Å². The molecule has 76 heavy (non-hydrogen) atoms. The number of aliphatic hydroxyl groups excluding tert-OH is 1. The summed E-state index contributed by atoms with van der Waals surface area (Å²) in [6.45, 7) is 20.2. The molecule has 0 radical (unpaired) electrons. The number of aliphatic hydroxyl groups is 1. The van der Waals surface area contributed by atoms with Crippen LogP contribution < -0.4 is 16.0 Å². The van der Waals surface area contributed by atoms with Crippen molar-refractivity contribution in [3.63, 3.8) is 0 Å². The predicted octanol–water partition coefficient (Wildman–Crippen LogP) is 12.8. The number of unbranched alkanes of at least 4 members (excludes halogenated alkanes) is 19. The van der Waals surface area contributed by atoms with E-state index in [9.17, 15) is 24.3 Å². The molecule has 0 aromatic carbocycles. The maximum Gasteiger partial charge on any atom is 0.243 e. The van der Waals surface area contributed by atoms with Gasteiger partial charge in [-0.3, -0.25) is 24.1 Å². The quantitative estimate of drug-likeness (QED) is 0.0348. The molecule has 1 heterocycles. The number of rotatable bonds is 51. The van der Waals surface area contributed by atoms with E-state index in [1.807, 2.05) is 37.5 Å². The largest absolute Gasteiger partial charge is 0.395 e. The zero-order valence-electron chi connectivity index (χ0n) is 50.0. The summed E-state index contributed by atoms with van der Waals surface area (Å²) in [7, 11) is 0. The van der Waals surface area contributed by atoms with Crippen LogP contribution in [0.2, 0.25) is 0 Å². The lowest BCUT2D eigenvalue weighted by Crippen LogP contribution is -2.53. The molecule has 12 nitrogen and oxygen atoms in total. The Hall–Kier alpha value is -3.32. The molecule has 1 fully saturated rings. The number of ether oxygens (including phenoxy) is 1. The van der Waals surface area contributed by atoms with Crippen molar-refractivity contribution < 1.29 is 29.0 Å². The van der Waals surface area contributed by atoms with Crippen molar-refractivity contribution >= 4 is 23.6 Å². The van der Waals surface area contributed by atoms with Crippen LogP contribution in [0, 0.1) is 11.8 Å². The molecule has 1 aliphatic heterocycles. The van der Waals surface area contributed by atoms with E-state index < -0.39 is 12.1 Å². The number of hydrogen-bond donors (Lipinski definition) is 4. The highest BCUT2D eigenvalue weighted by atomic mass is 16.5. The van der Waals surface area contributed by atoms with Crippen LogP contribution in [0.25, 0.3) is 0 Å². The highest BCUT2D eigenvalue weighted by molar-refractivity contribution is 5.88. The Kier molecular flexibility index (Phi) is 47.6. The smallest absolute Gasteiger partial charge is 0.243 e. The molecule has 0 bridgehead atoms. The first-order valence-corrected chi connectivity index (χ1v) is 31.4. The van der Waals surface area contributed by atoms with Gasteiger partial charge >= 0.3 is 0 Å². The molecule has 1 rings (SSSR count). The van der Waals surface area contributed by atoms with Gasteiger partial charge in [0.2, 0.25) is 23.6 Å². The molecule has 1 saturated heterocycles. The van der Waals surface area contributed by atoms with E-state index in [1.54, 1.807) is 0 Å². The maximum absolute atomic E-state index is 13.9. The van der Waals surface area contributed by atoms with Crippen LogP contribution in [0.4, 0.5) is 0 Å². The van der Waals surface area contributed by atoms with Gasteiger partial charge < -0.3 is 35.6 Å². The molecule has 2 unspecified atom stereocenters. The van der Waals surface area contributed by atoms with Crippen molar-refractivity contribution in [1.82, 2.24) is 30.7 Å². The third-order valence-corrected chi connectivity index (χ3v) is 14.5. The number of carbonyl (C=O) groups excluding carboxylic acids is 4. The summed E-state index contributed by atoms with van der Waals surface area (Å²) in [5, 5.41) is 18.8. The number of nitrogens with zero attached hydrogens (tertiary/aromatic N) is 3. The monoisotopic (exact) mass is 1070 g/mol. The molecule has 12 heteroatoms. The highest BCUT2D eigenvalue weighted by Crippen LogP contribution is 2.19. The van der Waals surface area contributed by atoms with E-state index in [-0.39, 0.29) is 42.1 Å². The Bertz CT molecular complexity index is 1530. The van der Waals surface area contributed by atoms with E-state index in [0.29, 0.717) is 58.5 Å². The SMILES string of the molecule is CCCCC/C=C\C/C=C\CCCCCCCC(=O)N(CCCNCCO)C(C(=O)NCCCCCCNC(=O)C(C(C)C)N(CCCN1CCOCC1)C(=O)CCCCCCC/C=C\C/C=C\CCCCC)C(C)C. The number of amides is 4. The second-order valence-corrected chi connectivity index (χ2v) is 22.1. The fourth-order valence-electron chi connectivity index (χ4n) is 10.0. The molecule has 0 saturated carbocycles. The summed E-state index contributed by atoms with van der Waals surface area (Å²) >= 11 is 0. The summed E-state index contributed by atoms with van der Waals surface area (Å²) in [6.07, 6.45) is 49.1. The molecule has 2 atom stereocenters. The highest BCUT2D eigenvalue weighted by Gasteiger charge is 2.33. The number of morpholine rings is 1. The van der Waals surface area contributed by atoms with Gasteiger partial charge in [-0.1, -0.05) is 167 Å². The van der Waals surface area contributed by atoms with Gasteiger partial charge in [-0.25, -0.2) is 0 Å². The van der Waals surface area contributed by atoms with Gasteiger partial charge in [0.15, 0.2) is 0 Å². The topological polar surface area (TPSA) is 144 Å². The zero-order chi connectivity index (χ0) is 55.5. The first-order valence-electron chi connectivity index (χ1n) is 31.4. The van der Waals surface area contributed by atoms with E-state index in [0.717, 1.165) is 136 Å². The van der Waals surface area contributed by atoms with Crippen LogP contribution in [0.1, 0.15) is 234 Å². The van der Waals surface area contributed by atoms with Crippen molar-refractivity contribution in [1.29, 1.82) is 0 Å². The lowest BCUT2D eigenvalue weighted by atomic mass is 9.99. The van der Waals surface area contributed by atoms with Crippen LogP contribution >= 0.6 is 0 Å². The first kappa shape index (κ1) is 70.7. The average molecular weight is 1070 g/mol. The van der Waals surface area contributed by atoms with Gasteiger partial charge in [0.05, 0.1) is 19.8 Å². The Morgan fingerprint density at radius 3 is 1.30 bits per heavy atom. The molecule has 0 spiro atoms. The molecule has 1 aliphatic rings. The molecule has 0 aromatic rings. The maximum atomic E-state index is 13.9. The number of hydrogen-bond acceptors (Lipinski definition) is 8. The van der Waals surface area contributed by atoms with Crippen LogP contribution in [-0.4, -0.2) is 134 Å². The van der Waals surface area contributed by atoms with Crippen LogP contribution in [-0.2, 0) is 23.9 Å². The van der Waals surface area contributed by atoms with Gasteiger partial charge in [-0.05, 0) is 121 Å². The Morgan fingerprint density at radius 1 is 0.487 bits per heavy atom. The van der Waals surface area contributed by atoms with Gasteiger partial charge in [-0.15, -0.1) is 0 Å². The second kappa shape index (κ2) is 51.1. The first-order chi connectivity index (χ1) is 37.1. The summed E-state index contributed by atoms with van der Waals surface area (Å²) in [6, 6.07) is -1.05. The summed E-state index contributed by atoms with van der Waals surface area (Å²) in [5.41, 5.74) is 0. The van der Waals surface area contributed by atoms with E-state index >= 15 is 0 Å². The third-order valence-electron chi connectivity index (χ3n) is 14.5. The molecule has 4 amide bonds. The fourth-order valence-corrected chi connectivity index (χ4v) is 10.0. The summed E-state index contributed by atoms with van der Waals surface area (Å²) in [4.78, 5) is 61.5. The fraction of sp³-hybridized carbons (Fsp3) is 0.812. The lowest BCUT2D eigenvalue weighted by Gasteiger charge is -2.35. The van der Waals surface area contributed by atoms with Gasteiger partial charge in [0, 0.05) is 65.2 Å². The van der Waals surface area contributed by atoms with Crippen molar-refractivity contribution in [3.05, 3.63) is 48.6 Å². The minimum absolute atomic E-state index is 0.0187. The molecule has 440 valence electrons. The number of nitrogens with one attached hydrogen (secondary N) is 3. The van der Waals surface area contributed by atoms with Gasteiger partial charge in [0.1, 0.15) is 12.1 Å². The zero-order valence-corrected chi connectivity index (χ0v) is 50.0. The number of carbonyl (C=O) groups is 4. The lowest BCUT2D eigenvalue weighted by molar-refractivity contribution is -0.142. The molecule has 0 aliphatic carbocycles. The molecule has 0 aromatic heterocycles. The third kappa shape index (κ3) is 38.3. The van der Waals surface area contributed by atoms with Crippen LogP contribution in [0.3, 0.4) is 0 Å². The average Bonchev–Trinajstić information content (AvgIpc) is 3.40. The van der Waals surface area contributed by atoms with Crippen molar-refractivity contribution in [2.45, 2.75) is 246 Å². The summed E-state index contributed by atoms with van der Waals surface area (Å²) < 4.78 is 5.55.